The van der Waals surface area contributed by atoms with Crippen molar-refractivity contribution in [1.29, 1.82) is 0 Å². The molecule has 3 heterocycles. The highest BCUT2D eigenvalue weighted by molar-refractivity contribution is 8.00. The molecule has 374 valence electrons. The number of aromatic nitrogens is 1. The van der Waals surface area contributed by atoms with Crippen molar-refractivity contribution in [2.75, 3.05) is 0 Å². The second kappa shape index (κ2) is 19.0. The molecular formula is C76H49NS2Si. The normalized spacial score (nSPS) is 14.0. The van der Waals surface area contributed by atoms with Crippen LogP contribution in [0.25, 0.3) is 114 Å². The zero-order chi connectivity index (χ0) is 52.7. The molecule has 1 aliphatic rings. The Hall–Kier alpha value is -9.29. The van der Waals surface area contributed by atoms with Crippen LogP contribution >= 0.6 is 23.1 Å². The molecule has 1 unspecified atom stereocenters. The van der Waals surface area contributed by atoms with Crippen LogP contribution in [0.3, 0.4) is 0 Å². The Kier molecular flexibility index (Phi) is 11.1. The van der Waals surface area contributed by atoms with Crippen LogP contribution in [0.4, 0.5) is 0 Å². The van der Waals surface area contributed by atoms with Gasteiger partial charge in [-0.1, -0.05) is 267 Å². The molecule has 1 aliphatic heterocycles. The average molecular weight is 1070 g/mol. The summed E-state index contributed by atoms with van der Waals surface area (Å²) in [7, 11) is -3.33. The number of rotatable bonds is 8. The van der Waals surface area contributed by atoms with Gasteiger partial charge in [-0.15, -0.1) is 11.3 Å². The maximum absolute atomic E-state index is 3.33. The number of hydrogen-bond acceptors (Lipinski definition) is 2. The number of hydrogen-bond donors (Lipinski definition) is 0. The number of benzene rings is 13. The van der Waals surface area contributed by atoms with Gasteiger partial charge in [0.2, 0.25) is 0 Å². The summed E-state index contributed by atoms with van der Waals surface area (Å²) >= 11 is 3.90. The van der Waals surface area contributed by atoms with Crippen molar-refractivity contribution < 1.29 is 0 Å². The van der Waals surface area contributed by atoms with E-state index >= 15 is 0 Å². The van der Waals surface area contributed by atoms with Crippen molar-refractivity contribution in [1.82, 2.24) is 4.57 Å². The maximum atomic E-state index is 2.56. The molecule has 0 aliphatic carbocycles. The zero-order valence-corrected chi connectivity index (χ0v) is 46.2. The number of fused-ring (bicyclic) bond motifs is 9. The van der Waals surface area contributed by atoms with Gasteiger partial charge in [-0.3, -0.25) is 0 Å². The SMILES string of the molecule is c1ccc(-c2ccc([Si]3(c4ccc(-n5c6ccccc6c6ccccc65)c5c4sc4ccccc45)c4ccccc4Sc4cc(-c5ccc(-c6cccc7cccc(-c8ccccc8)c67)cc5)ccc43)c(-c3ccccc3)c2)cc1. The van der Waals surface area contributed by atoms with Gasteiger partial charge in [0.1, 0.15) is 0 Å². The van der Waals surface area contributed by atoms with Gasteiger partial charge in [0.15, 0.2) is 8.07 Å². The third-order valence-electron chi connectivity index (χ3n) is 16.8. The first-order valence-corrected chi connectivity index (χ1v) is 31.1. The van der Waals surface area contributed by atoms with Crippen molar-refractivity contribution in [2.45, 2.75) is 9.79 Å². The van der Waals surface area contributed by atoms with Gasteiger partial charge >= 0.3 is 0 Å². The molecule has 0 spiro atoms. The molecule has 15 aromatic rings. The topological polar surface area (TPSA) is 4.93 Å². The van der Waals surface area contributed by atoms with Crippen LogP contribution in [-0.2, 0) is 0 Å². The van der Waals surface area contributed by atoms with E-state index in [1.165, 1.54) is 145 Å². The van der Waals surface area contributed by atoms with E-state index < -0.39 is 8.07 Å². The number of nitrogens with zero attached hydrogens (tertiary/aromatic N) is 1. The van der Waals surface area contributed by atoms with Gasteiger partial charge in [-0.25, -0.2) is 0 Å². The largest absolute Gasteiger partial charge is 0.309 e. The fraction of sp³-hybridized carbons (Fsp3) is 0. The zero-order valence-electron chi connectivity index (χ0n) is 43.6. The lowest BCUT2D eigenvalue weighted by Gasteiger charge is -2.41. The van der Waals surface area contributed by atoms with E-state index in [4.69, 9.17) is 0 Å². The maximum Gasteiger partial charge on any atom is 0.183 e. The van der Waals surface area contributed by atoms with E-state index in [9.17, 15) is 0 Å². The Morgan fingerprint density at radius 1 is 0.287 bits per heavy atom. The molecule has 0 amide bonds. The predicted molar refractivity (Wildman–Crippen MR) is 346 cm³/mol. The minimum Gasteiger partial charge on any atom is -0.309 e. The van der Waals surface area contributed by atoms with Crippen molar-refractivity contribution in [3.63, 3.8) is 0 Å². The molecule has 1 atom stereocenters. The average Bonchev–Trinajstić information content (AvgIpc) is 3.47. The standard InChI is InChI=1S/C76H49NS2Si/c1-4-20-50(21-5-1)56-42-45-70(63(48-56)53-24-8-3-9-25-53)80(73-47-44-66(75-62-30-12-15-35-67(62)79-76(73)75)77-64-33-13-10-28-60(64)61-29-11-14-34-65(61)77)71-37-17-16-36-68(71)78-69-49-57(43-46-72(69)80)51-38-40-54(41-39-51)59-32-19-27-55-26-18-31-58(74(55)59)52-22-6-2-7-23-52/h1-49H. The molecular weight excluding hydrogens is 1020 g/mol. The summed E-state index contributed by atoms with van der Waals surface area (Å²) < 4.78 is 5.17. The minimum atomic E-state index is -3.33. The van der Waals surface area contributed by atoms with Gasteiger partial charge in [-0.2, -0.15) is 0 Å². The molecule has 0 saturated carbocycles. The highest BCUT2D eigenvalue weighted by Crippen LogP contribution is 2.45. The summed E-state index contributed by atoms with van der Waals surface area (Å²) in [6, 6.07) is 112. The Balaban J connectivity index is 0.962. The molecule has 2 aromatic heterocycles. The number of para-hydroxylation sites is 2. The third kappa shape index (κ3) is 7.30. The van der Waals surface area contributed by atoms with Gasteiger partial charge < -0.3 is 4.57 Å². The van der Waals surface area contributed by atoms with E-state index in [2.05, 4.69) is 302 Å². The van der Waals surface area contributed by atoms with E-state index in [1.54, 1.807) is 0 Å². The Morgan fingerprint density at radius 2 is 0.775 bits per heavy atom. The Bertz CT molecular complexity index is 4850. The smallest absolute Gasteiger partial charge is 0.183 e. The van der Waals surface area contributed by atoms with Crippen molar-refractivity contribution >= 4 is 105 Å². The van der Waals surface area contributed by atoms with Crippen molar-refractivity contribution in [3.8, 4) is 61.3 Å². The molecule has 0 fully saturated rings. The lowest BCUT2D eigenvalue weighted by atomic mass is 9.91. The van der Waals surface area contributed by atoms with Crippen molar-refractivity contribution in [3.05, 3.63) is 297 Å². The fourth-order valence-electron chi connectivity index (χ4n) is 13.2. The molecule has 0 N–H and O–H groups in total. The molecule has 4 heteroatoms. The summed E-state index contributed by atoms with van der Waals surface area (Å²) in [4.78, 5) is 2.63. The molecule has 0 radical (unpaired) electrons. The predicted octanol–water partition coefficient (Wildman–Crippen LogP) is 18.5. The van der Waals surface area contributed by atoms with Gasteiger partial charge in [-0.05, 0) is 130 Å². The fourth-order valence-corrected chi connectivity index (χ4v) is 22.2. The molecule has 80 heavy (non-hydrogen) atoms. The van der Waals surface area contributed by atoms with Crippen LogP contribution in [0, 0.1) is 0 Å². The highest BCUT2D eigenvalue weighted by atomic mass is 32.2. The van der Waals surface area contributed by atoms with Crippen LogP contribution in [0.1, 0.15) is 0 Å². The summed E-state index contributed by atoms with van der Waals surface area (Å²) in [5.74, 6) is 0. The molecule has 1 nitrogen and oxygen atoms in total. The third-order valence-corrected chi connectivity index (χ3v) is 24.6. The molecule has 13 aromatic carbocycles. The Morgan fingerprint density at radius 3 is 1.46 bits per heavy atom. The van der Waals surface area contributed by atoms with Gasteiger partial charge in [0.25, 0.3) is 0 Å². The van der Waals surface area contributed by atoms with Crippen LogP contribution in [0.15, 0.2) is 307 Å². The highest BCUT2D eigenvalue weighted by Gasteiger charge is 2.50. The lowest BCUT2D eigenvalue weighted by Crippen LogP contribution is -2.77. The first kappa shape index (κ1) is 46.8. The van der Waals surface area contributed by atoms with E-state index in [0.717, 1.165) is 0 Å². The van der Waals surface area contributed by atoms with Crippen LogP contribution < -0.4 is 20.7 Å². The van der Waals surface area contributed by atoms with Gasteiger partial charge in [0, 0.05) is 40.7 Å². The second-order valence-corrected chi connectivity index (χ2v) is 26.8. The first-order valence-electron chi connectivity index (χ1n) is 27.5. The van der Waals surface area contributed by atoms with Crippen LogP contribution in [0.2, 0.25) is 0 Å². The van der Waals surface area contributed by atoms with Crippen LogP contribution in [0.5, 0.6) is 0 Å². The monoisotopic (exact) mass is 1070 g/mol. The lowest BCUT2D eigenvalue weighted by molar-refractivity contribution is 1.20. The molecule has 0 bridgehead atoms. The Labute approximate surface area is 474 Å². The first-order chi connectivity index (χ1) is 39.7. The summed E-state index contributed by atoms with van der Waals surface area (Å²) in [5.41, 5.74) is 15.9. The van der Waals surface area contributed by atoms with E-state index in [-0.39, 0.29) is 0 Å². The number of thiophene rings is 1. The van der Waals surface area contributed by atoms with E-state index in [1.807, 2.05) is 23.1 Å². The molecule has 16 rings (SSSR count). The quantitative estimate of drug-likeness (QED) is 0.137. The van der Waals surface area contributed by atoms with Crippen LogP contribution in [-0.4, -0.2) is 12.6 Å². The van der Waals surface area contributed by atoms with Crippen molar-refractivity contribution in [2.24, 2.45) is 0 Å². The second-order valence-electron chi connectivity index (χ2n) is 21.0. The van der Waals surface area contributed by atoms with E-state index in [0.29, 0.717) is 0 Å². The summed E-state index contributed by atoms with van der Waals surface area (Å²) in [5, 5.41) is 13.3. The summed E-state index contributed by atoms with van der Waals surface area (Å²) in [6.07, 6.45) is 0. The van der Waals surface area contributed by atoms with Gasteiger partial charge in [0.05, 0.1) is 16.7 Å². The minimum absolute atomic E-state index is 1.20. The molecule has 0 saturated heterocycles. The summed E-state index contributed by atoms with van der Waals surface area (Å²) in [6.45, 7) is 0.